The van der Waals surface area contributed by atoms with Gasteiger partial charge in [-0.1, -0.05) is 0 Å². The molecule has 3 rings (SSSR count). The van der Waals surface area contributed by atoms with Crippen LogP contribution < -0.4 is 5.32 Å². The minimum atomic E-state index is -2.99. The first-order valence-electron chi connectivity index (χ1n) is 8.12. The number of ether oxygens (including phenoxy) is 1. The minimum Gasteiger partial charge on any atom is -0.465 e. The third kappa shape index (κ3) is 3.64. The molecule has 24 heavy (non-hydrogen) atoms. The van der Waals surface area contributed by atoms with Gasteiger partial charge in [-0.15, -0.1) is 11.3 Å². The Morgan fingerprint density at radius 1 is 1.29 bits per heavy atom. The van der Waals surface area contributed by atoms with Crippen molar-refractivity contribution in [1.29, 1.82) is 0 Å². The van der Waals surface area contributed by atoms with Gasteiger partial charge in [-0.2, -0.15) is 0 Å². The van der Waals surface area contributed by atoms with Crippen LogP contribution in [0.1, 0.15) is 46.5 Å². The lowest BCUT2D eigenvalue weighted by molar-refractivity contribution is -0.116. The Balaban J connectivity index is 1.76. The highest BCUT2D eigenvalue weighted by molar-refractivity contribution is 7.91. The predicted octanol–water partition coefficient (Wildman–Crippen LogP) is 2.18. The predicted molar refractivity (Wildman–Crippen MR) is 92.3 cm³/mol. The number of carbonyl (C=O) groups excluding carboxylic acids is 2. The first-order chi connectivity index (χ1) is 11.4. The molecule has 0 spiro atoms. The number of methoxy groups -OCH3 is 1. The molecule has 132 valence electrons. The topological polar surface area (TPSA) is 89.5 Å². The summed E-state index contributed by atoms with van der Waals surface area (Å²) in [5, 5.41) is 3.36. The number of amides is 1. The molecule has 1 aliphatic carbocycles. The maximum atomic E-state index is 12.3. The first-order valence-corrected chi connectivity index (χ1v) is 10.8. The van der Waals surface area contributed by atoms with Crippen molar-refractivity contribution in [2.45, 2.75) is 38.5 Å². The SMILES string of the molecule is COC(=O)c1c(NC(=O)C[C@@H]2CCS(=O)(=O)C2)sc2c1CCCC2. The Morgan fingerprint density at radius 2 is 2.04 bits per heavy atom. The van der Waals surface area contributed by atoms with E-state index in [0.717, 1.165) is 36.1 Å². The third-order valence-corrected chi connectivity index (χ3v) is 7.66. The molecular formula is C16H21NO5S2. The van der Waals surface area contributed by atoms with Crippen LogP contribution in [0.5, 0.6) is 0 Å². The van der Waals surface area contributed by atoms with Crippen molar-refractivity contribution < 1.29 is 22.7 Å². The quantitative estimate of drug-likeness (QED) is 0.820. The lowest BCUT2D eigenvalue weighted by atomic mass is 9.95. The van der Waals surface area contributed by atoms with E-state index in [1.807, 2.05) is 0 Å². The number of fused-ring (bicyclic) bond motifs is 1. The number of sulfone groups is 1. The number of rotatable bonds is 4. The number of thiophene rings is 1. The van der Waals surface area contributed by atoms with Gasteiger partial charge in [0.25, 0.3) is 0 Å². The number of carbonyl (C=O) groups is 2. The summed E-state index contributed by atoms with van der Waals surface area (Å²) in [6.07, 6.45) is 4.55. The summed E-state index contributed by atoms with van der Waals surface area (Å²) < 4.78 is 27.9. The van der Waals surface area contributed by atoms with Crippen molar-refractivity contribution in [3.8, 4) is 0 Å². The van der Waals surface area contributed by atoms with E-state index in [0.29, 0.717) is 17.0 Å². The van der Waals surface area contributed by atoms with Crippen LogP contribution in [0.2, 0.25) is 0 Å². The summed E-state index contributed by atoms with van der Waals surface area (Å²) >= 11 is 1.44. The van der Waals surface area contributed by atoms with Gasteiger partial charge < -0.3 is 10.1 Å². The summed E-state index contributed by atoms with van der Waals surface area (Å²) in [7, 11) is -1.66. The van der Waals surface area contributed by atoms with Gasteiger partial charge in [0.2, 0.25) is 5.91 Å². The van der Waals surface area contributed by atoms with Gasteiger partial charge in [-0.3, -0.25) is 4.79 Å². The highest BCUT2D eigenvalue weighted by atomic mass is 32.2. The zero-order valence-electron chi connectivity index (χ0n) is 13.6. The average Bonchev–Trinajstić information content (AvgIpc) is 3.05. The number of hydrogen-bond donors (Lipinski definition) is 1. The first kappa shape index (κ1) is 17.4. The van der Waals surface area contributed by atoms with Crippen LogP contribution >= 0.6 is 11.3 Å². The zero-order chi connectivity index (χ0) is 17.3. The fourth-order valence-electron chi connectivity index (χ4n) is 3.44. The summed E-state index contributed by atoms with van der Waals surface area (Å²) in [5.74, 6) is -0.559. The monoisotopic (exact) mass is 371 g/mol. The van der Waals surface area contributed by atoms with Gasteiger partial charge in [0, 0.05) is 11.3 Å². The largest absolute Gasteiger partial charge is 0.465 e. The van der Waals surface area contributed by atoms with Crippen molar-refractivity contribution in [1.82, 2.24) is 0 Å². The van der Waals surface area contributed by atoms with Gasteiger partial charge in [0.1, 0.15) is 5.00 Å². The maximum Gasteiger partial charge on any atom is 0.341 e. The zero-order valence-corrected chi connectivity index (χ0v) is 15.2. The molecule has 6 nitrogen and oxygen atoms in total. The Morgan fingerprint density at radius 3 is 2.71 bits per heavy atom. The smallest absolute Gasteiger partial charge is 0.341 e. The van der Waals surface area contributed by atoms with Gasteiger partial charge in [-0.05, 0) is 43.6 Å². The fraction of sp³-hybridized carbons (Fsp3) is 0.625. The maximum absolute atomic E-state index is 12.3. The molecule has 2 heterocycles. The van der Waals surface area contributed by atoms with Crippen LogP contribution in [0, 0.1) is 5.92 Å². The molecule has 0 aromatic carbocycles. The summed E-state index contributed by atoms with van der Waals surface area (Å²) in [4.78, 5) is 25.6. The molecule has 1 N–H and O–H groups in total. The van der Waals surface area contributed by atoms with E-state index in [2.05, 4.69) is 5.32 Å². The van der Waals surface area contributed by atoms with Crippen LogP contribution in [-0.4, -0.2) is 38.9 Å². The van der Waals surface area contributed by atoms with E-state index in [-0.39, 0.29) is 29.8 Å². The second-order valence-corrected chi connectivity index (χ2v) is 9.76. The fourth-order valence-corrected chi connectivity index (χ4v) is 6.60. The molecular weight excluding hydrogens is 350 g/mol. The standard InChI is InChI=1S/C16H21NO5S2/c1-22-16(19)14-11-4-2-3-5-12(11)23-15(14)17-13(18)8-10-6-7-24(20,21)9-10/h10H,2-9H2,1H3,(H,17,18)/t10-/m0/s1. The summed E-state index contributed by atoms with van der Waals surface area (Å²) in [5.41, 5.74) is 1.47. The average molecular weight is 371 g/mol. The summed E-state index contributed by atoms with van der Waals surface area (Å²) in [6.45, 7) is 0. The molecule has 0 saturated carbocycles. The van der Waals surface area contributed by atoms with Crippen molar-refractivity contribution in [2.24, 2.45) is 5.92 Å². The van der Waals surface area contributed by atoms with Crippen molar-refractivity contribution >= 4 is 38.1 Å². The molecule has 0 unspecified atom stereocenters. The summed E-state index contributed by atoms with van der Waals surface area (Å²) in [6, 6.07) is 0. The Bertz CT molecular complexity index is 766. The molecule has 8 heteroatoms. The van der Waals surface area contributed by atoms with Gasteiger partial charge >= 0.3 is 5.97 Å². The van der Waals surface area contributed by atoms with Crippen LogP contribution in [-0.2, 0) is 32.2 Å². The lowest BCUT2D eigenvalue weighted by Gasteiger charge is -2.12. The normalized spacial score (nSPS) is 22.0. The van der Waals surface area contributed by atoms with Gasteiger partial charge in [-0.25, -0.2) is 13.2 Å². The van der Waals surface area contributed by atoms with Crippen molar-refractivity contribution in [3.63, 3.8) is 0 Å². The highest BCUT2D eigenvalue weighted by Gasteiger charge is 2.31. The molecule has 0 bridgehead atoms. The number of aryl methyl sites for hydroxylation is 1. The van der Waals surface area contributed by atoms with E-state index in [1.54, 1.807) is 0 Å². The van der Waals surface area contributed by atoms with Gasteiger partial charge in [0.15, 0.2) is 9.84 Å². The van der Waals surface area contributed by atoms with Crippen molar-refractivity contribution in [3.05, 3.63) is 16.0 Å². The number of hydrogen-bond acceptors (Lipinski definition) is 6. The molecule has 1 fully saturated rings. The van der Waals surface area contributed by atoms with E-state index in [1.165, 1.54) is 18.4 Å². The van der Waals surface area contributed by atoms with Crippen LogP contribution in [0.4, 0.5) is 5.00 Å². The highest BCUT2D eigenvalue weighted by Crippen LogP contribution is 2.38. The second-order valence-electron chi connectivity index (χ2n) is 6.43. The lowest BCUT2D eigenvalue weighted by Crippen LogP contribution is -2.18. The molecule has 2 aliphatic rings. The minimum absolute atomic E-state index is 0.0746. The van der Waals surface area contributed by atoms with E-state index < -0.39 is 15.8 Å². The number of anilines is 1. The Labute approximate surface area is 145 Å². The molecule has 1 aliphatic heterocycles. The molecule has 1 amide bonds. The van der Waals surface area contributed by atoms with Crippen LogP contribution in [0.3, 0.4) is 0 Å². The molecule has 1 aromatic rings. The Hall–Kier alpha value is -1.41. The Kier molecular flexibility index (Phi) is 4.96. The van der Waals surface area contributed by atoms with Crippen molar-refractivity contribution in [2.75, 3.05) is 23.9 Å². The number of esters is 1. The van der Waals surface area contributed by atoms with Gasteiger partial charge in [0.05, 0.1) is 24.2 Å². The van der Waals surface area contributed by atoms with E-state index in [4.69, 9.17) is 4.74 Å². The molecule has 0 radical (unpaired) electrons. The number of nitrogens with one attached hydrogen (secondary N) is 1. The van der Waals surface area contributed by atoms with Crippen LogP contribution in [0.25, 0.3) is 0 Å². The molecule has 1 saturated heterocycles. The molecule has 1 aromatic heterocycles. The molecule has 1 atom stereocenters. The second kappa shape index (κ2) is 6.84. The van der Waals surface area contributed by atoms with E-state index in [9.17, 15) is 18.0 Å². The third-order valence-electron chi connectivity index (χ3n) is 4.61. The van der Waals surface area contributed by atoms with Crippen LogP contribution in [0.15, 0.2) is 0 Å². The van der Waals surface area contributed by atoms with E-state index >= 15 is 0 Å².